The Kier molecular flexibility index (Phi) is 3.83. The lowest BCUT2D eigenvalue weighted by Crippen LogP contribution is -2.11. The van der Waals surface area contributed by atoms with Gasteiger partial charge >= 0.3 is 0 Å². The van der Waals surface area contributed by atoms with Crippen LogP contribution in [0.15, 0.2) is 42.5 Å². The number of benzene rings is 2. The third kappa shape index (κ3) is 2.80. The van der Waals surface area contributed by atoms with Gasteiger partial charge in [0.05, 0.1) is 0 Å². The summed E-state index contributed by atoms with van der Waals surface area (Å²) in [4.78, 5) is 0. The van der Waals surface area contributed by atoms with Crippen molar-refractivity contribution in [1.29, 1.82) is 0 Å². The molecule has 1 unspecified atom stereocenters. The Morgan fingerprint density at radius 2 is 1.39 bits per heavy atom. The largest absolute Gasteiger partial charge is 0.313 e. The summed E-state index contributed by atoms with van der Waals surface area (Å²) in [5, 5.41) is 3.26. The molecule has 1 heteroatoms. The van der Waals surface area contributed by atoms with Gasteiger partial charge < -0.3 is 5.32 Å². The van der Waals surface area contributed by atoms with Crippen molar-refractivity contribution in [2.24, 2.45) is 0 Å². The molecule has 0 amide bonds. The molecule has 94 valence electrons. The molecule has 0 saturated heterocycles. The second kappa shape index (κ2) is 5.36. The van der Waals surface area contributed by atoms with Crippen LogP contribution >= 0.6 is 0 Å². The number of hydrogen-bond acceptors (Lipinski definition) is 1. The number of nitrogens with one attached hydrogen (secondary N) is 1. The molecule has 0 radical (unpaired) electrons. The first-order valence-electron chi connectivity index (χ1n) is 6.46. The first-order valence-corrected chi connectivity index (χ1v) is 6.46. The molecule has 0 aliphatic carbocycles. The average Bonchev–Trinajstić information content (AvgIpc) is 2.37. The second-order valence-corrected chi connectivity index (χ2v) is 5.01. The summed E-state index contributed by atoms with van der Waals surface area (Å²) in [6.45, 7) is 6.47. The molecule has 2 aromatic carbocycles. The van der Waals surface area contributed by atoms with Gasteiger partial charge in [-0.2, -0.15) is 0 Å². The van der Waals surface area contributed by atoms with Crippen molar-refractivity contribution in [2.45, 2.75) is 26.8 Å². The van der Waals surface area contributed by atoms with Crippen molar-refractivity contribution < 1.29 is 0 Å². The van der Waals surface area contributed by atoms with Crippen LogP contribution in [0.2, 0.25) is 0 Å². The van der Waals surface area contributed by atoms with E-state index in [9.17, 15) is 0 Å². The Morgan fingerprint density at radius 1 is 0.833 bits per heavy atom. The summed E-state index contributed by atoms with van der Waals surface area (Å²) in [7, 11) is 1.99. The van der Waals surface area contributed by atoms with E-state index in [1.807, 2.05) is 7.05 Å². The van der Waals surface area contributed by atoms with Gasteiger partial charge in [-0.1, -0.05) is 53.6 Å². The lowest BCUT2D eigenvalue weighted by atomic mass is 9.98. The van der Waals surface area contributed by atoms with Gasteiger partial charge in [0.15, 0.2) is 0 Å². The van der Waals surface area contributed by atoms with Gasteiger partial charge in [-0.3, -0.25) is 0 Å². The van der Waals surface area contributed by atoms with Crippen LogP contribution in [0.4, 0.5) is 0 Å². The molecule has 1 atom stereocenters. The van der Waals surface area contributed by atoms with Crippen molar-refractivity contribution in [3.63, 3.8) is 0 Å². The minimum Gasteiger partial charge on any atom is -0.313 e. The molecule has 0 aliphatic rings. The Balaban J connectivity index is 2.34. The molecule has 0 aromatic heterocycles. The summed E-state index contributed by atoms with van der Waals surface area (Å²) in [5.74, 6) is 0. The third-order valence-corrected chi connectivity index (χ3v) is 3.40. The number of aryl methyl sites for hydroxylation is 2. The molecule has 0 heterocycles. The maximum Gasteiger partial charge on any atom is 0.0289 e. The van der Waals surface area contributed by atoms with Crippen LogP contribution in [0.5, 0.6) is 0 Å². The van der Waals surface area contributed by atoms with Crippen LogP contribution in [0.3, 0.4) is 0 Å². The molecule has 0 aliphatic heterocycles. The van der Waals surface area contributed by atoms with E-state index in [4.69, 9.17) is 0 Å². The zero-order chi connectivity index (χ0) is 13.1. The Bertz CT molecular complexity index is 506. The monoisotopic (exact) mass is 239 g/mol. The Hall–Kier alpha value is -1.60. The van der Waals surface area contributed by atoms with E-state index >= 15 is 0 Å². The first-order chi connectivity index (χ1) is 8.60. The van der Waals surface area contributed by atoms with E-state index in [1.165, 1.54) is 27.8 Å². The first kappa shape index (κ1) is 12.8. The van der Waals surface area contributed by atoms with E-state index in [0.717, 1.165) is 0 Å². The van der Waals surface area contributed by atoms with Crippen molar-refractivity contribution in [1.82, 2.24) is 5.32 Å². The zero-order valence-corrected chi connectivity index (χ0v) is 11.6. The predicted octanol–water partition coefficient (Wildman–Crippen LogP) is 4.25. The van der Waals surface area contributed by atoms with Crippen molar-refractivity contribution in [2.75, 3.05) is 7.05 Å². The summed E-state index contributed by atoms with van der Waals surface area (Å²) in [5.41, 5.74) is 6.55. The van der Waals surface area contributed by atoms with Crippen LogP contribution in [0, 0.1) is 13.8 Å². The summed E-state index contributed by atoms with van der Waals surface area (Å²) < 4.78 is 0. The summed E-state index contributed by atoms with van der Waals surface area (Å²) in [6.07, 6.45) is 0. The van der Waals surface area contributed by atoms with E-state index in [2.05, 4.69) is 68.6 Å². The molecule has 1 nitrogen and oxygen atoms in total. The smallest absolute Gasteiger partial charge is 0.0289 e. The highest BCUT2D eigenvalue weighted by Crippen LogP contribution is 2.24. The van der Waals surface area contributed by atoms with E-state index in [0.29, 0.717) is 6.04 Å². The lowest BCUT2D eigenvalue weighted by molar-refractivity contribution is 0.652. The summed E-state index contributed by atoms with van der Waals surface area (Å²) in [6, 6.07) is 15.9. The van der Waals surface area contributed by atoms with E-state index < -0.39 is 0 Å². The quantitative estimate of drug-likeness (QED) is 0.844. The molecule has 0 fully saturated rings. The van der Waals surface area contributed by atoms with Crippen LogP contribution in [0.25, 0.3) is 11.1 Å². The molecular weight excluding hydrogens is 218 g/mol. The van der Waals surface area contributed by atoms with Crippen LogP contribution in [-0.2, 0) is 0 Å². The fourth-order valence-corrected chi connectivity index (χ4v) is 2.27. The van der Waals surface area contributed by atoms with Gasteiger partial charge in [0.1, 0.15) is 0 Å². The molecular formula is C17H21N. The predicted molar refractivity (Wildman–Crippen MR) is 78.8 cm³/mol. The average molecular weight is 239 g/mol. The Labute approximate surface area is 110 Å². The van der Waals surface area contributed by atoms with Gasteiger partial charge in [0, 0.05) is 6.04 Å². The molecule has 0 bridgehead atoms. The van der Waals surface area contributed by atoms with Crippen molar-refractivity contribution in [3.8, 4) is 11.1 Å². The molecule has 1 N–H and O–H groups in total. The van der Waals surface area contributed by atoms with Gasteiger partial charge in [0.2, 0.25) is 0 Å². The topological polar surface area (TPSA) is 12.0 Å². The molecule has 2 aromatic rings. The van der Waals surface area contributed by atoms with Crippen molar-refractivity contribution >= 4 is 0 Å². The standard InChI is InChI=1S/C17H21N/c1-12-9-13(2)11-17(10-12)16-7-5-15(6-8-16)14(3)18-4/h5-11,14,18H,1-4H3. The van der Waals surface area contributed by atoms with Crippen LogP contribution in [-0.4, -0.2) is 7.05 Å². The maximum atomic E-state index is 3.26. The zero-order valence-electron chi connectivity index (χ0n) is 11.6. The highest BCUT2D eigenvalue weighted by atomic mass is 14.8. The van der Waals surface area contributed by atoms with E-state index in [1.54, 1.807) is 0 Å². The highest BCUT2D eigenvalue weighted by molar-refractivity contribution is 5.65. The third-order valence-electron chi connectivity index (χ3n) is 3.40. The van der Waals surface area contributed by atoms with Crippen LogP contribution in [0.1, 0.15) is 29.7 Å². The molecule has 0 spiro atoms. The molecule has 18 heavy (non-hydrogen) atoms. The second-order valence-electron chi connectivity index (χ2n) is 5.01. The minimum atomic E-state index is 0.401. The fourth-order valence-electron chi connectivity index (χ4n) is 2.27. The van der Waals surface area contributed by atoms with Gasteiger partial charge in [-0.05, 0) is 44.5 Å². The lowest BCUT2D eigenvalue weighted by Gasteiger charge is -2.11. The number of rotatable bonds is 3. The molecule has 0 saturated carbocycles. The number of hydrogen-bond donors (Lipinski definition) is 1. The van der Waals surface area contributed by atoms with Gasteiger partial charge in [-0.25, -0.2) is 0 Å². The maximum absolute atomic E-state index is 3.26. The normalized spacial score (nSPS) is 12.4. The van der Waals surface area contributed by atoms with Crippen molar-refractivity contribution in [3.05, 3.63) is 59.2 Å². The van der Waals surface area contributed by atoms with Gasteiger partial charge in [-0.15, -0.1) is 0 Å². The minimum absolute atomic E-state index is 0.401. The van der Waals surface area contributed by atoms with E-state index in [-0.39, 0.29) is 0 Å². The SMILES string of the molecule is CNC(C)c1ccc(-c2cc(C)cc(C)c2)cc1. The van der Waals surface area contributed by atoms with Crippen LogP contribution < -0.4 is 5.32 Å². The fraction of sp³-hybridized carbons (Fsp3) is 0.294. The molecule has 2 rings (SSSR count). The summed E-state index contributed by atoms with van der Waals surface area (Å²) >= 11 is 0. The Morgan fingerprint density at radius 3 is 1.89 bits per heavy atom. The highest BCUT2D eigenvalue weighted by Gasteiger charge is 2.03. The van der Waals surface area contributed by atoms with Gasteiger partial charge in [0.25, 0.3) is 0 Å².